The van der Waals surface area contributed by atoms with Gasteiger partial charge in [0.15, 0.2) is 11.5 Å². The Morgan fingerprint density at radius 3 is 2.29 bits per heavy atom. The Hall–Kier alpha value is -1.84. The molecule has 0 saturated carbocycles. The van der Waals surface area contributed by atoms with E-state index in [9.17, 15) is 14.7 Å². The van der Waals surface area contributed by atoms with Crippen molar-refractivity contribution in [1.29, 1.82) is 0 Å². The van der Waals surface area contributed by atoms with E-state index < -0.39 is 11.5 Å². The third-order valence-electron chi connectivity index (χ3n) is 4.19. The van der Waals surface area contributed by atoms with Crippen LogP contribution in [0.5, 0.6) is 0 Å². The zero-order valence-corrected chi connectivity index (χ0v) is 15.0. The van der Waals surface area contributed by atoms with Crippen LogP contribution in [-0.2, 0) is 14.3 Å². The van der Waals surface area contributed by atoms with Crippen LogP contribution in [0.2, 0.25) is 0 Å². The number of rotatable bonds is 12. The van der Waals surface area contributed by atoms with Gasteiger partial charge in [-0.3, -0.25) is 9.59 Å². The summed E-state index contributed by atoms with van der Waals surface area (Å²) in [4.78, 5) is 23.7. The molecule has 0 aromatic rings. The van der Waals surface area contributed by atoms with Crippen LogP contribution < -0.4 is 0 Å². The van der Waals surface area contributed by atoms with E-state index in [1.807, 2.05) is 0 Å². The molecule has 0 radical (unpaired) electrons. The molecule has 0 unspecified atom stereocenters. The van der Waals surface area contributed by atoms with Crippen LogP contribution in [0.15, 0.2) is 35.3 Å². The van der Waals surface area contributed by atoms with E-state index in [1.54, 1.807) is 0 Å². The average molecular weight is 334 g/mol. The van der Waals surface area contributed by atoms with Gasteiger partial charge >= 0.3 is 0 Å². The van der Waals surface area contributed by atoms with E-state index >= 15 is 0 Å². The number of methoxy groups -OCH3 is 1. The number of aliphatic hydroxyl groups is 1. The molecule has 0 aliphatic heterocycles. The highest BCUT2D eigenvalue weighted by Gasteiger charge is 2.28. The van der Waals surface area contributed by atoms with E-state index in [0.29, 0.717) is 6.42 Å². The van der Waals surface area contributed by atoms with E-state index in [4.69, 9.17) is 4.74 Å². The van der Waals surface area contributed by atoms with E-state index in [0.717, 1.165) is 31.8 Å². The van der Waals surface area contributed by atoms with Crippen LogP contribution >= 0.6 is 0 Å². The number of carbonyl (C=O) groups excluding carboxylic acids is 2. The number of hydrogen-bond acceptors (Lipinski definition) is 4. The predicted octanol–water partition coefficient (Wildman–Crippen LogP) is 4.96. The third-order valence-corrected chi connectivity index (χ3v) is 4.19. The second-order valence-electron chi connectivity index (χ2n) is 6.15. The van der Waals surface area contributed by atoms with Gasteiger partial charge in [0, 0.05) is 11.6 Å². The molecule has 4 heteroatoms. The van der Waals surface area contributed by atoms with Crippen molar-refractivity contribution in [1.82, 2.24) is 0 Å². The van der Waals surface area contributed by atoms with Crippen LogP contribution in [-0.4, -0.2) is 23.8 Å². The lowest BCUT2D eigenvalue weighted by Gasteiger charge is -2.14. The van der Waals surface area contributed by atoms with Gasteiger partial charge in [0.25, 0.3) is 0 Å². The standard InChI is InChI=1S/C20H30O4/c1-3-4-5-6-7-8-9-10-11-12-13-14-16-19(22)17(21)15-18(24-2)20(16)23/h6-7,15,22H,3-5,8-14H2,1-2H3/b7-6-. The molecular weight excluding hydrogens is 304 g/mol. The molecule has 1 aliphatic rings. The van der Waals surface area contributed by atoms with Gasteiger partial charge in [-0.2, -0.15) is 0 Å². The summed E-state index contributed by atoms with van der Waals surface area (Å²) in [6.45, 7) is 2.20. The molecule has 0 amide bonds. The van der Waals surface area contributed by atoms with Crippen molar-refractivity contribution in [3.8, 4) is 0 Å². The van der Waals surface area contributed by atoms with Gasteiger partial charge in [0.1, 0.15) is 0 Å². The summed E-state index contributed by atoms with van der Waals surface area (Å²) in [6, 6.07) is 0. The van der Waals surface area contributed by atoms with Gasteiger partial charge in [0.05, 0.1) is 7.11 Å². The van der Waals surface area contributed by atoms with Crippen molar-refractivity contribution < 1.29 is 19.4 Å². The van der Waals surface area contributed by atoms with Gasteiger partial charge in [-0.05, 0) is 32.1 Å². The molecule has 0 heterocycles. The maximum Gasteiger partial charge on any atom is 0.227 e. The minimum atomic E-state index is -0.545. The summed E-state index contributed by atoms with van der Waals surface area (Å²) in [5, 5.41) is 9.78. The molecule has 4 nitrogen and oxygen atoms in total. The van der Waals surface area contributed by atoms with Crippen molar-refractivity contribution in [2.45, 2.75) is 71.1 Å². The Morgan fingerprint density at radius 2 is 1.62 bits per heavy atom. The molecule has 1 aliphatic carbocycles. The monoisotopic (exact) mass is 334 g/mol. The number of aliphatic hydroxyl groups excluding tert-OH is 1. The van der Waals surface area contributed by atoms with Crippen molar-refractivity contribution >= 4 is 11.6 Å². The summed E-state index contributed by atoms with van der Waals surface area (Å²) in [6.07, 6.45) is 16.1. The SMILES string of the molecule is CCCC/C=C\CCCCCCCC1=C(O)C(=O)C=C(OC)C1=O. The number of carbonyl (C=O) groups is 2. The zero-order valence-electron chi connectivity index (χ0n) is 15.0. The van der Waals surface area contributed by atoms with Gasteiger partial charge in [-0.25, -0.2) is 0 Å². The first-order chi connectivity index (χ1) is 11.6. The Morgan fingerprint density at radius 1 is 1.00 bits per heavy atom. The Balaban J connectivity index is 2.19. The van der Waals surface area contributed by atoms with Crippen LogP contribution in [0.3, 0.4) is 0 Å². The molecule has 134 valence electrons. The Labute approximate surface area is 145 Å². The van der Waals surface area contributed by atoms with Gasteiger partial charge < -0.3 is 9.84 Å². The maximum atomic E-state index is 12.1. The molecule has 24 heavy (non-hydrogen) atoms. The maximum absolute atomic E-state index is 12.1. The lowest BCUT2D eigenvalue weighted by molar-refractivity contribution is -0.119. The predicted molar refractivity (Wildman–Crippen MR) is 95.7 cm³/mol. The summed E-state index contributed by atoms with van der Waals surface area (Å²) in [5.41, 5.74) is 0.193. The normalized spacial score (nSPS) is 15.3. The fourth-order valence-electron chi connectivity index (χ4n) is 2.69. The zero-order chi connectivity index (χ0) is 17.8. The van der Waals surface area contributed by atoms with Gasteiger partial charge in [-0.15, -0.1) is 0 Å². The highest BCUT2D eigenvalue weighted by atomic mass is 16.5. The Kier molecular flexibility index (Phi) is 9.81. The Bertz CT molecular complexity index is 512. The lowest BCUT2D eigenvalue weighted by Crippen LogP contribution is -2.20. The number of allylic oxidation sites excluding steroid dienone is 4. The first-order valence-corrected chi connectivity index (χ1v) is 9.03. The molecule has 0 spiro atoms. The van der Waals surface area contributed by atoms with E-state index in [1.165, 1.54) is 39.2 Å². The van der Waals surface area contributed by atoms with Crippen LogP contribution in [0.1, 0.15) is 71.1 Å². The fourth-order valence-corrected chi connectivity index (χ4v) is 2.69. The smallest absolute Gasteiger partial charge is 0.227 e. The summed E-state index contributed by atoms with van der Waals surface area (Å²) < 4.78 is 4.90. The number of ether oxygens (including phenoxy) is 1. The lowest BCUT2D eigenvalue weighted by atomic mass is 9.94. The second kappa shape index (κ2) is 11.7. The molecule has 1 N–H and O–H groups in total. The molecular formula is C20H30O4. The van der Waals surface area contributed by atoms with E-state index in [2.05, 4.69) is 19.1 Å². The highest BCUT2D eigenvalue weighted by molar-refractivity contribution is 6.20. The molecule has 0 fully saturated rings. The van der Waals surface area contributed by atoms with Crippen molar-refractivity contribution in [3.63, 3.8) is 0 Å². The van der Waals surface area contributed by atoms with Crippen molar-refractivity contribution in [2.24, 2.45) is 0 Å². The van der Waals surface area contributed by atoms with E-state index in [-0.39, 0.29) is 17.1 Å². The molecule has 1 rings (SSSR count). The molecule has 0 bridgehead atoms. The van der Waals surface area contributed by atoms with Crippen LogP contribution in [0, 0.1) is 0 Å². The van der Waals surface area contributed by atoms with Crippen molar-refractivity contribution in [3.05, 3.63) is 35.3 Å². The average Bonchev–Trinajstić information content (AvgIpc) is 2.58. The number of ketones is 2. The number of hydrogen-bond donors (Lipinski definition) is 1. The van der Waals surface area contributed by atoms with Gasteiger partial charge in [-0.1, -0.05) is 51.2 Å². The fraction of sp³-hybridized carbons (Fsp3) is 0.600. The van der Waals surface area contributed by atoms with Crippen molar-refractivity contribution in [2.75, 3.05) is 7.11 Å². The quantitative estimate of drug-likeness (QED) is 0.311. The van der Waals surface area contributed by atoms with Crippen LogP contribution in [0.4, 0.5) is 0 Å². The minimum Gasteiger partial charge on any atom is -0.504 e. The molecule has 0 saturated heterocycles. The highest BCUT2D eigenvalue weighted by Crippen LogP contribution is 2.23. The van der Waals surface area contributed by atoms with Gasteiger partial charge in [0.2, 0.25) is 11.6 Å². The first-order valence-electron chi connectivity index (χ1n) is 9.03. The summed E-state index contributed by atoms with van der Waals surface area (Å²) in [7, 11) is 1.35. The molecule has 0 atom stereocenters. The minimum absolute atomic E-state index is 0.0164. The summed E-state index contributed by atoms with van der Waals surface area (Å²) in [5.74, 6) is -1.32. The number of Topliss-reactive ketones (excluding diaryl/α,β-unsaturated/α-hetero) is 1. The number of unbranched alkanes of at least 4 members (excludes halogenated alkanes) is 7. The topological polar surface area (TPSA) is 63.6 Å². The molecule has 0 aromatic heterocycles. The summed E-state index contributed by atoms with van der Waals surface area (Å²) >= 11 is 0. The first kappa shape index (κ1) is 20.2. The second-order valence-corrected chi connectivity index (χ2v) is 6.15. The third kappa shape index (κ3) is 6.73. The molecule has 0 aromatic carbocycles. The largest absolute Gasteiger partial charge is 0.504 e. The van der Waals surface area contributed by atoms with Crippen LogP contribution in [0.25, 0.3) is 0 Å².